The Balaban J connectivity index is 0.000000626. The number of aryl methyl sites for hydroxylation is 1. The first kappa shape index (κ1) is 37.1. The van der Waals surface area contributed by atoms with Crippen LogP contribution in [0, 0.1) is 22.7 Å². The predicted octanol–water partition coefficient (Wildman–Crippen LogP) is 7.08. The van der Waals surface area contributed by atoms with Gasteiger partial charge in [0.15, 0.2) is 0 Å². The Morgan fingerprint density at radius 2 is 1.81 bits per heavy atom. The van der Waals surface area contributed by atoms with E-state index in [0.29, 0.717) is 56.6 Å². The fraction of sp³-hybridized carbons (Fsp3) is 0.361. The van der Waals surface area contributed by atoms with Crippen molar-refractivity contribution in [3.63, 3.8) is 0 Å². The molecule has 1 unspecified atom stereocenters. The highest BCUT2D eigenvalue weighted by Gasteiger charge is 2.59. The first-order chi connectivity index (χ1) is 24.8. The van der Waals surface area contributed by atoms with Gasteiger partial charge in [-0.1, -0.05) is 49.7 Å². The molecule has 17 heteroatoms. The minimum absolute atomic E-state index is 0.0670. The Morgan fingerprint density at radius 3 is 2.38 bits per heavy atom. The number of fused-ring (bicyclic) bond motifs is 2. The van der Waals surface area contributed by atoms with Gasteiger partial charge in [-0.15, -0.1) is 5.10 Å². The van der Waals surface area contributed by atoms with Gasteiger partial charge in [-0.25, -0.2) is 14.3 Å². The van der Waals surface area contributed by atoms with Crippen LogP contribution in [-0.4, -0.2) is 59.5 Å². The third-order valence-electron chi connectivity index (χ3n) is 9.54. The minimum Gasteiger partial charge on any atom is -0.475 e. The molecular formula is C36H34ClF3N8O5. The van der Waals surface area contributed by atoms with Crippen LogP contribution in [0.5, 0.6) is 0 Å². The SMILES string of the molecule is Cn1ccc2c(C(c3cn(C45CC(C4)C5)nn3)N(C(=O)O)c3cc(Cl)c4ncc(C#N)c(NCC(C)(C)C)c4c3)cccc2c1=O.O=C(O)C(F)(F)F. The zero-order valence-corrected chi connectivity index (χ0v) is 29.7. The third kappa shape index (κ3) is 6.96. The Kier molecular flexibility index (Phi) is 9.36. The average Bonchev–Trinajstić information content (AvgIpc) is 3.50. The molecule has 2 bridgehead atoms. The van der Waals surface area contributed by atoms with E-state index in [1.165, 1.54) is 15.7 Å². The number of pyridine rings is 2. The van der Waals surface area contributed by atoms with Crippen LogP contribution >= 0.6 is 11.6 Å². The van der Waals surface area contributed by atoms with Crippen molar-refractivity contribution in [3.05, 3.63) is 87.2 Å². The average molecular weight is 751 g/mol. The summed E-state index contributed by atoms with van der Waals surface area (Å²) in [5.74, 6) is -2.05. The maximum Gasteiger partial charge on any atom is 0.490 e. The van der Waals surface area contributed by atoms with Gasteiger partial charge in [0.2, 0.25) is 0 Å². The fourth-order valence-electron chi connectivity index (χ4n) is 6.80. The number of nitriles is 1. The number of anilines is 2. The van der Waals surface area contributed by atoms with Crippen LogP contribution in [0.1, 0.15) is 62.9 Å². The number of carboxylic acid groups (broad SMARTS) is 2. The van der Waals surface area contributed by atoms with Crippen LogP contribution in [-0.2, 0) is 17.4 Å². The topological polar surface area (TPSA) is 179 Å². The largest absolute Gasteiger partial charge is 0.490 e. The van der Waals surface area contributed by atoms with E-state index in [1.54, 1.807) is 37.5 Å². The number of amides is 1. The van der Waals surface area contributed by atoms with Gasteiger partial charge in [0, 0.05) is 36.8 Å². The number of carboxylic acids is 1. The van der Waals surface area contributed by atoms with Gasteiger partial charge in [0.1, 0.15) is 17.8 Å². The number of aliphatic carboxylic acids is 1. The van der Waals surface area contributed by atoms with Crippen LogP contribution in [0.25, 0.3) is 21.7 Å². The first-order valence-electron chi connectivity index (χ1n) is 16.4. The maximum atomic E-state index is 13.4. The van der Waals surface area contributed by atoms with E-state index in [1.807, 2.05) is 23.0 Å². The molecule has 0 saturated heterocycles. The summed E-state index contributed by atoms with van der Waals surface area (Å²) in [7, 11) is 1.68. The van der Waals surface area contributed by atoms with E-state index in [2.05, 4.69) is 47.5 Å². The number of nitrogens with zero attached hydrogens (tertiary/aromatic N) is 7. The Labute approximate surface area is 305 Å². The molecule has 8 rings (SSSR count). The van der Waals surface area contributed by atoms with E-state index >= 15 is 0 Å². The Bertz CT molecular complexity index is 2360. The fourth-order valence-corrected chi connectivity index (χ4v) is 7.06. The molecule has 1 atom stereocenters. The molecule has 53 heavy (non-hydrogen) atoms. The molecule has 3 aromatic heterocycles. The van der Waals surface area contributed by atoms with Gasteiger partial charge in [-0.3, -0.25) is 14.7 Å². The summed E-state index contributed by atoms with van der Waals surface area (Å²) in [4.78, 5) is 41.1. The second-order valence-electron chi connectivity index (χ2n) is 14.6. The van der Waals surface area contributed by atoms with Crippen molar-refractivity contribution in [2.45, 2.75) is 57.8 Å². The number of benzene rings is 2. The second-order valence-corrected chi connectivity index (χ2v) is 15.0. The number of hydrogen-bond donors (Lipinski definition) is 3. The number of nitrogens with one attached hydrogen (secondary N) is 1. The molecule has 5 aromatic rings. The van der Waals surface area contributed by atoms with E-state index < -0.39 is 24.3 Å². The normalized spacial score (nSPS) is 18.2. The van der Waals surface area contributed by atoms with E-state index in [4.69, 9.17) is 21.5 Å². The Morgan fingerprint density at radius 1 is 1.13 bits per heavy atom. The summed E-state index contributed by atoms with van der Waals surface area (Å²) >= 11 is 6.83. The molecule has 2 aromatic carbocycles. The van der Waals surface area contributed by atoms with E-state index in [-0.39, 0.29) is 27.2 Å². The molecule has 3 heterocycles. The summed E-state index contributed by atoms with van der Waals surface area (Å²) < 4.78 is 35.1. The van der Waals surface area contributed by atoms with Crippen molar-refractivity contribution < 1.29 is 33.0 Å². The van der Waals surface area contributed by atoms with Gasteiger partial charge in [0.05, 0.1) is 39.2 Å². The molecule has 3 N–H and O–H groups in total. The van der Waals surface area contributed by atoms with Gasteiger partial charge in [-0.05, 0) is 65.8 Å². The maximum absolute atomic E-state index is 13.4. The van der Waals surface area contributed by atoms with E-state index in [9.17, 15) is 33.1 Å². The summed E-state index contributed by atoms with van der Waals surface area (Å²) in [6, 6.07) is 11.6. The predicted molar refractivity (Wildman–Crippen MR) is 190 cm³/mol. The molecule has 0 spiro atoms. The highest BCUT2D eigenvalue weighted by Crippen LogP contribution is 2.62. The summed E-state index contributed by atoms with van der Waals surface area (Å²) in [5, 5.41) is 42.3. The second kappa shape index (κ2) is 13.4. The van der Waals surface area contributed by atoms with Crippen molar-refractivity contribution in [1.82, 2.24) is 24.5 Å². The highest BCUT2D eigenvalue weighted by atomic mass is 35.5. The number of rotatable bonds is 7. The van der Waals surface area contributed by atoms with Crippen molar-refractivity contribution in [3.8, 4) is 6.07 Å². The van der Waals surface area contributed by atoms with Crippen molar-refractivity contribution in [2.75, 3.05) is 16.8 Å². The van der Waals surface area contributed by atoms with Crippen LogP contribution < -0.4 is 15.8 Å². The number of hydrogen-bond acceptors (Lipinski definition) is 8. The first-order valence-corrected chi connectivity index (χ1v) is 16.8. The van der Waals surface area contributed by atoms with Gasteiger partial charge in [0.25, 0.3) is 5.56 Å². The molecule has 0 radical (unpaired) electrons. The van der Waals surface area contributed by atoms with Gasteiger partial charge >= 0.3 is 18.2 Å². The Hall–Kier alpha value is -5.69. The van der Waals surface area contributed by atoms with Crippen molar-refractivity contribution in [1.29, 1.82) is 5.26 Å². The van der Waals surface area contributed by atoms with Gasteiger partial charge < -0.3 is 20.1 Å². The standard InChI is InChI=1S/C34H33ClN8O3.C2HF3O2/c1-33(2,3)18-38-28-20(15-36)16-37-29-25(28)10-21(11-26(29)35)43(32(45)46)30(27-17-42(40-39-27)34-12-19(13-34)14-34)23-6-5-7-24-22(23)8-9-41(4)31(24)44;3-2(4,5)1(6)7/h5-11,16-17,19,30H,12-14,18H2,1-4H3,(H,37,38)(H,45,46);(H,6,7). The lowest BCUT2D eigenvalue weighted by atomic mass is 9.50. The monoisotopic (exact) mass is 750 g/mol. The van der Waals surface area contributed by atoms with Crippen LogP contribution in [0.15, 0.2) is 59.8 Å². The quantitative estimate of drug-likeness (QED) is 0.156. The molecule has 13 nitrogen and oxygen atoms in total. The minimum atomic E-state index is -5.08. The number of halogens is 4. The third-order valence-corrected chi connectivity index (χ3v) is 9.83. The van der Waals surface area contributed by atoms with Gasteiger partial charge in [-0.2, -0.15) is 18.4 Å². The number of alkyl halides is 3. The summed E-state index contributed by atoms with van der Waals surface area (Å²) in [6.07, 6.45) is 1.74. The lowest BCUT2D eigenvalue weighted by molar-refractivity contribution is -0.192. The molecular weight excluding hydrogens is 717 g/mol. The van der Waals surface area contributed by atoms with Crippen LogP contribution in [0.4, 0.5) is 29.3 Å². The zero-order valence-electron chi connectivity index (χ0n) is 28.9. The zero-order chi connectivity index (χ0) is 38.6. The lowest BCUT2D eigenvalue weighted by Crippen LogP contribution is -2.59. The molecule has 1 amide bonds. The van der Waals surface area contributed by atoms with Crippen LogP contribution in [0.3, 0.4) is 0 Å². The van der Waals surface area contributed by atoms with E-state index in [0.717, 1.165) is 19.3 Å². The molecule has 3 fully saturated rings. The smallest absolute Gasteiger partial charge is 0.475 e. The highest BCUT2D eigenvalue weighted by molar-refractivity contribution is 6.36. The molecule has 0 aliphatic heterocycles. The molecule has 3 saturated carbocycles. The van der Waals surface area contributed by atoms with Crippen molar-refractivity contribution >= 4 is 56.7 Å². The van der Waals surface area contributed by atoms with Crippen LogP contribution in [0.2, 0.25) is 5.02 Å². The summed E-state index contributed by atoms with van der Waals surface area (Å²) in [6.45, 7) is 6.76. The summed E-state index contributed by atoms with van der Waals surface area (Å²) in [5.41, 5.74) is 2.15. The molecule has 3 aliphatic rings. The number of aromatic nitrogens is 5. The lowest BCUT2D eigenvalue weighted by Gasteiger charge is -2.61. The molecule has 3 aliphatic carbocycles. The molecule has 276 valence electrons. The van der Waals surface area contributed by atoms with Crippen molar-refractivity contribution in [2.24, 2.45) is 18.4 Å². The number of carbonyl (C=O) groups is 2.